The van der Waals surface area contributed by atoms with Gasteiger partial charge in [-0.3, -0.25) is 14.7 Å². The average Bonchev–Trinajstić information content (AvgIpc) is 2.56. The molecule has 5 nitrogen and oxygen atoms in total. The van der Waals surface area contributed by atoms with E-state index in [4.69, 9.17) is 4.74 Å². The quantitative estimate of drug-likeness (QED) is 0.808. The number of ether oxygens (including phenoxy) is 1. The van der Waals surface area contributed by atoms with Gasteiger partial charge in [-0.15, -0.1) is 0 Å². The summed E-state index contributed by atoms with van der Waals surface area (Å²) in [6, 6.07) is 13.7. The lowest BCUT2D eigenvalue weighted by molar-refractivity contribution is -0.122. The molecule has 0 radical (unpaired) electrons. The van der Waals surface area contributed by atoms with Crippen LogP contribution in [-0.2, 0) is 17.8 Å². The van der Waals surface area contributed by atoms with E-state index in [0.717, 1.165) is 17.9 Å². The van der Waals surface area contributed by atoms with Crippen LogP contribution in [-0.4, -0.2) is 43.0 Å². The Kier molecular flexibility index (Phi) is 6.56. The molecule has 1 N–H and O–H groups in total. The summed E-state index contributed by atoms with van der Waals surface area (Å²) in [4.78, 5) is 18.1. The number of nitrogens with zero attached hydrogens (tertiary/aromatic N) is 2. The number of hydrogen-bond donors (Lipinski definition) is 1. The van der Waals surface area contributed by atoms with Crippen LogP contribution in [0.1, 0.15) is 11.3 Å². The SMILES string of the molecule is COc1ccc(CCNC(=O)CN(C)Cc2ccccn2)cc1. The van der Waals surface area contributed by atoms with Crippen molar-refractivity contribution >= 4 is 5.91 Å². The third kappa shape index (κ3) is 6.08. The van der Waals surface area contributed by atoms with E-state index in [1.807, 2.05) is 54.4 Å². The summed E-state index contributed by atoms with van der Waals surface area (Å²) in [5.74, 6) is 0.867. The third-order valence-electron chi connectivity index (χ3n) is 3.47. The predicted octanol–water partition coefficient (Wildman–Crippen LogP) is 1.88. The molecule has 0 aliphatic rings. The van der Waals surface area contributed by atoms with E-state index >= 15 is 0 Å². The fraction of sp³-hybridized carbons (Fsp3) is 0.333. The Morgan fingerprint density at radius 1 is 1.22 bits per heavy atom. The van der Waals surface area contributed by atoms with Crippen LogP contribution in [0.5, 0.6) is 5.75 Å². The van der Waals surface area contributed by atoms with Crippen molar-refractivity contribution in [1.29, 1.82) is 0 Å². The van der Waals surface area contributed by atoms with Gasteiger partial charge in [-0.2, -0.15) is 0 Å². The summed E-state index contributed by atoms with van der Waals surface area (Å²) in [5, 5.41) is 2.94. The summed E-state index contributed by atoms with van der Waals surface area (Å²) >= 11 is 0. The molecule has 0 aliphatic carbocycles. The zero-order chi connectivity index (χ0) is 16.5. The molecular formula is C18H23N3O2. The standard InChI is InChI=1S/C18H23N3O2/c1-21(13-16-5-3-4-11-19-16)14-18(22)20-12-10-15-6-8-17(23-2)9-7-15/h3-9,11H,10,12-14H2,1-2H3,(H,20,22). The topological polar surface area (TPSA) is 54.5 Å². The number of carbonyl (C=O) groups is 1. The number of amides is 1. The zero-order valence-corrected chi connectivity index (χ0v) is 13.7. The van der Waals surface area contributed by atoms with Crippen molar-refractivity contribution < 1.29 is 9.53 Å². The molecule has 2 aromatic rings. The minimum Gasteiger partial charge on any atom is -0.497 e. The van der Waals surface area contributed by atoms with Crippen LogP contribution in [0.4, 0.5) is 0 Å². The van der Waals surface area contributed by atoms with Crippen LogP contribution in [0.2, 0.25) is 0 Å². The molecule has 0 bridgehead atoms. The van der Waals surface area contributed by atoms with Crippen LogP contribution in [0.15, 0.2) is 48.7 Å². The highest BCUT2D eigenvalue weighted by molar-refractivity contribution is 5.77. The zero-order valence-electron chi connectivity index (χ0n) is 13.7. The van der Waals surface area contributed by atoms with E-state index < -0.39 is 0 Å². The molecule has 23 heavy (non-hydrogen) atoms. The molecule has 0 saturated heterocycles. The van der Waals surface area contributed by atoms with Crippen LogP contribution in [0, 0.1) is 0 Å². The van der Waals surface area contributed by atoms with Crippen molar-refractivity contribution in [3.05, 3.63) is 59.9 Å². The molecule has 1 aromatic heterocycles. The maximum Gasteiger partial charge on any atom is 0.234 e. The van der Waals surface area contributed by atoms with Crippen LogP contribution < -0.4 is 10.1 Å². The highest BCUT2D eigenvalue weighted by Crippen LogP contribution is 2.11. The molecule has 5 heteroatoms. The second-order valence-corrected chi connectivity index (χ2v) is 5.44. The van der Waals surface area contributed by atoms with Crippen molar-refractivity contribution in [3.8, 4) is 5.75 Å². The Labute approximate surface area is 137 Å². The van der Waals surface area contributed by atoms with Crippen molar-refractivity contribution in [2.45, 2.75) is 13.0 Å². The Balaban J connectivity index is 1.68. The highest BCUT2D eigenvalue weighted by atomic mass is 16.5. The summed E-state index contributed by atoms with van der Waals surface area (Å²) in [7, 11) is 3.56. The van der Waals surface area contributed by atoms with Gasteiger partial charge in [0.1, 0.15) is 5.75 Å². The lowest BCUT2D eigenvalue weighted by Crippen LogP contribution is -2.35. The van der Waals surface area contributed by atoms with E-state index in [2.05, 4.69) is 10.3 Å². The van der Waals surface area contributed by atoms with Crippen LogP contribution in [0.25, 0.3) is 0 Å². The third-order valence-corrected chi connectivity index (χ3v) is 3.47. The van der Waals surface area contributed by atoms with Crippen LogP contribution in [0.3, 0.4) is 0 Å². The molecular weight excluding hydrogens is 290 g/mol. The van der Waals surface area contributed by atoms with Gasteiger partial charge in [0.05, 0.1) is 19.3 Å². The predicted molar refractivity (Wildman–Crippen MR) is 90.3 cm³/mol. The lowest BCUT2D eigenvalue weighted by Gasteiger charge is -2.15. The Morgan fingerprint density at radius 2 is 2.00 bits per heavy atom. The number of methoxy groups -OCH3 is 1. The number of pyridine rings is 1. The fourth-order valence-corrected chi connectivity index (χ4v) is 2.26. The van der Waals surface area contributed by atoms with E-state index in [1.165, 1.54) is 5.56 Å². The van der Waals surface area contributed by atoms with Gasteiger partial charge in [-0.25, -0.2) is 0 Å². The Bertz CT molecular complexity index is 599. The number of aromatic nitrogens is 1. The molecule has 1 aromatic carbocycles. The maximum absolute atomic E-state index is 11.9. The largest absolute Gasteiger partial charge is 0.497 e. The monoisotopic (exact) mass is 313 g/mol. The molecule has 0 atom stereocenters. The number of hydrogen-bond acceptors (Lipinski definition) is 4. The first-order valence-electron chi connectivity index (χ1n) is 7.65. The lowest BCUT2D eigenvalue weighted by atomic mass is 10.1. The molecule has 1 amide bonds. The molecule has 1 heterocycles. The molecule has 0 saturated carbocycles. The van der Waals surface area contributed by atoms with Crippen molar-refractivity contribution in [2.75, 3.05) is 27.2 Å². The average molecular weight is 313 g/mol. The maximum atomic E-state index is 11.9. The summed E-state index contributed by atoms with van der Waals surface area (Å²) in [5.41, 5.74) is 2.13. The van der Waals surface area contributed by atoms with Gasteiger partial charge in [0.2, 0.25) is 5.91 Å². The fourth-order valence-electron chi connectivity index (χ4n) is 2.26. The number of benzene rings is 1. The first kappa shape index (κ1) is 17.0. The second kappa shape index (κ2) is 8.90. The molecule has 122 valence electrons. The number of carbonyl (C=O) groups excluding carboxylic acids is 1. The summed E-state index contributed by atoms with van der Waals surface area (Å²) in [6.45, 7) is 1.65. The van der Waals surface area contributed by atoms with E-state index in [1.54, 1.807) is 13.3 Å². The number of likely N-dealkylation sites (N-methyl/N-ethyl adjacent to an activating group) is 1. The van der Waals surface area contributed by atoms with Gasteiger partial charge in [-0.05, 0) is 43.3 Å². The van der Waals surface area contributed by atoms with Gasteiger partial charge in [0, 0.05) is 19.3 Å². The minimum atomic E-state index is 0.0249. The first-order valence-corrected chi connectivity index (χ1v) is 7.65. The minimum absolute atomic E-state index is 0.0249. The van der Waals surface area contributed by atoms with Crippen molar-refractivity contribution in [1.82, 2.24) is 15.2 Å². The molecule has 0 aliphatic heterocycles. The van der Waals surface area contributed by atoms with Crippen LogP contribution >= 0.6 is 0 Å². The van der Waals surface area contributed by atoms with Gasteiger partial charge < -0.3 is 10.1 Å². The first-order chi connectivity index (χ1) is 11.2. The van der Waals surface area contributed by atoms with E-state index in [-0.39, 0.29) is 5.91 Å². The number of nitrogens with one attached hydrogen (secondary N) is 1. The molecule has 2 rings (SSSR count). The smallest absolute Gasteiger partial charge is 0.234 e. The molecule has 0 spiro atoms. The van der Waals surface area contributed by atoms with Crippen molar-refractivity contribution in [3.63, 3.8) is 0 Å². The summed E-state index contributed by atoms with van der Waals surface area (Å²) in [6.07, 6.45) is 2.57. The highest BCUT2D eigenvalue weighted by Gasteiger charge is 2.07. The van der Waals surface area contributed by atoms with Gasteiger partial charge in [0.15, 0.2) is 0 Å². The number of rotatable bonds is 8. The summed E-state index contributed by atoms with van der Waals surface area (Å²) < 4.78 is 5.12. The van der Waals surface area contributed by atoms with Gasteiger partial charge in [-0.1, -0.05) is 18.2 Å². The Hall–Kier alpha value is -2.40. The molecule has 0 fully saturated rings. The van der Waals surface area contributed by atoms with E-state index in [0.29, 0.717) is 19.6 Å². The second-order valence-electron chi connectivity index (χ2n) is 5.44. The van der Waals surface area contributed by atoms with Gasteiger partial charge in [0.25, 0.3) is 0 Å². The normalized spacial score (nSPS) is 10.6. The van der Waals surface area contributed by atoms with E-state index in [9.17, 15) is 4.79 Å². The van der Waals surface area contributed by atoms with Crippen molar-refractivity contribution in [2.24, 2.45) is 0 Å². The van der Waals surface area contributed by atoms with Gasteiger partial charge >= 0.3 is 0 Å². The Morgan fingerprint density at radius 3 is 2.65 bits per heavy atom. The molecule has 0 unspecified atom stereocenters.